The first-order chi connectivity index (χ1) is 13.7. The van der Waals surface area contributed by atoms with Gasteiger partial charge in [0.2, 0.25) is 11.7 Å². The minimum atomic E-state index is -0.225. The van der Waals surface area contributed by atoms with Crippen LogP contribution in [0.25, 0.3) is 11.4 Å². The smallest absolute Gasteiger partial charge is 0.322 e. The molecule has 3 aromatic rings. The van der Waals surface area contributed by atoms with E-state index in [0.717, 1.165) is 30.6 Å². The maximum absolute atomic E-state index is 12.9. The molecule has 28 heavy (non-hydrogen) atoms. The molecule has 1 fully saturated rings. The second kappa shape index (κ2) is 8.12. The summed E-state index contributed by atoms with van der Waals surface area (Å²) < 4.78 is 10.7. The number of carbonyl (C=O) groups excluding carboxylic acids is 1. The Hall–Kier alpha value is -3.35. The van der Waals surface area contributed by atoms with Crippen molar-refractivity contribution >= 4 is 11.7 Å². The second-order valence-electron chi connectivity index (χ2n) is 6.69. The predicted molar refractivity (Wildman–Crippen MR) is 105 cm³/mol. The molecule has 1 aromatic heterocycles. The van der Waals surface area contributed by atoms with Crippen molar-refractivity contribution in [2.45, 2.75) is 25.3 Å². The molecule has 0 spiro atoms. The lowest BCUT2D eigenvalue weighted by Crippen LogP contribution is -2.41. The number of carbonyl (C=O) groups is 1. The Labute approximate surface area is 163 Å². The Bertz CT molecular complexity index is 924. The van der Waals surface area contributed by atoms with E-state index in [0.29, 0.717) is 23.9 Å². The summed E-state index contributed by atoms with van der Waals surface area (Å²) in [6, 6.07) is 16.5. The van der Waals surface area contributed by atoms with Gasteiger partial charge in [-0.15, -0.1) is 0 Å². The van der Waals surface area contributed by atoms with Crippen LogP contribution in [-0.4, -0.2) is 34.7 Å². The summed E-state index contributed by atoms with van der Waals surface area (Å²) in [6.07, 6.45) is 2.76. The normalized spacial score (nSPS) is 16.6. The van der Waals surface area contributed by atoms with Crippen LogP contribution in [0.5, 0.6) is 5.75 Å². The van der Waals surface area contributed by atoms with Crippen LogP contribution in [0.3, 0.4) is 0 Å². The number of nitrogens with zero attached hydrogens (tertiary/aromatic N) is 3. The van der Waals surface area contributed by atoms with Gasteiger partial charge >= 0.3 is 6.03 Å². The zero-order valence-electron chi connectivity index (χ0n) is 15.7. The highest BCUT2D eigenvalue weighted by Gasteiger charge is 2.32. The number of hydrogen-bond acceptors (Lipinski definition) is 5. The third kappa shape index (κ3) is 3.83. The van der Waals surface area contributed by atoms with Crippen molar-refractivity contribution in [1.29, 1.82) is 0 Å². The highest BCUT2D eigenvalue weighted by Crippen LogP contribution is 2.31. The standard InChI is InChI=1S/C21H22N4O3/c1-27-17-12-10-16(11-13-17)22-21(26)25-14-6-5-9-18(25)20-23-19(24-28-20)15-7-3-2-4-8-15/h2-4,7-8,10-13,18H,5-6,9,14H2,1H3,(H,22,26)/t18-/m0/s1. The highest BCUT2D eigenvalue weighted by molar-refractivity contribution is 5.89. The van der Waals surface area contributed by atoms with Gasteiger partial charge in [0.1, 0.15) is 11.8 Å². The van der Waals surface area contributed by atoms with Gasteiger partial charge in [-0.25, -0.2) is 4.79 Å². The molecular weight excluding hydrogens is 356 g/mol. The Balaban J connectivity index is 1.51. The van der Waals surface area contributed by atoms with Crippen LogP contribution in [0.15, 0.2) is 59.1 Å². The molecule has 4 rings (SSSR count). The van der Waals surface area contributed by atoms with Crippen molar-refractivity contribution in [2.75, 3.05) is 19.0 Å². The first-order valence-corrected chi connectivity index (χ1v) is 9.35. The minimum Gasteiger partial charge on any atom is -0.497 e. The Kier molecular flexibility index (Phi) is 5.23. The maximum Gasteiger partial charge on any atom is 0.322 e. The van der Waals surface area contributed by atoms with E-state index in [-0.39, 0.29) is 12.1 Å². The lowest BCUT2D eigenvalue weighted by molar-refractivity contribution is 0.142. The van der Waals surface area contributed by atoms with Gasteiger partial charge in [0.15, 0.2) is 0 Å². The van der Waals surface area contributed by atoms with E-state index in [1.807, 2.05) is 54.6 Å². The van der Waals surface area contributed by atoms with Gasteiger partial charge in [-0.1, -0.05) is 35.5 Å². The topological polar surface area (TPSA) is 80.5 Å². The summed E-state index contributed by atoms with van der Waals surface area (Å²) in [4.78, 5) is 19.2. The Morgan fingerprint density at radius 2 is 1.93 bits per heavy atom. The van der Waals surface area contributed by atoms with Crippen LogP contribution >= 0.6 is 0 Å². The predicted octanol–water partition coefficient (Wildman–Crippen LogP) is 4.50. The summed E-state index contributed by atoms with van der Waals surface area (Å²) in [7, 11) is 1.61. The third-order valence-electron chi connectivity index (χ3n) is 4.86. The number of hydrogen-bond donors (Lipinski definition) is 1. The van der Waals surface area contributed by atoms with Gasteiger partial charge in [-0.3, -0.25) is 0 Å². The number of nitrogens with one attached hydrogen (secondary N) is 1. The maximum atomic E-state index is 12.9. The molecule has 2 heterocycles. The average Bonchev–Trinajstić information content (AvgIpc) is 3.25. The van der Waals surface area contributed by atoms with Gasteiger partial charge in [0.25, 0.3) is 0 Å². The number of amides is 2. The average molecular weight is 378 g/mol. The molecule has 7 heteroatoms. The number of anilines is 1. The third-order valence-corrected chi connectivity index (χ3v) is 4.86. The van der Waals surface area contributed by atoms with E-state index in [2.05, 4.69) is 15.5 Å². The Morgan fingerprint density at radius 1 is 1.14 bits per heavy atom. The molecule has 2 amide bonds. The number of rotatable bonds is 4. The summed E-state index contributed by atoms with van der Waals surface area (Å²) in [5, 5.41) is 7.04. The summed E-state index contributed by atoms with van der Waals surface area (Å²) in [6.45, 7) is 0.649. The molecule has 0 saturated carbocycles. The fraction of sp³-hybridized carbons (Fsp3) is 0.286. The molecule has 0 unspecified atom stereocenters. The van der Waals surface area contributed by atoms with E-state index < -0.39 is 0 Å². The monoisotopic (exact) mass is 378 g/mol. The van der Waals surface area contributed by atoms with E-state index in [1.165, 1.54) is 0 Å². The van der Waals surface area contributed by atoms with Crippen LogP contribution in [-0.2, 0) is 0 Å². The van der Waals surface area contributed by atoms with Gasteiger partial charge in [0, 0.05) is 17.8 Å². The fourth-order valence-electron chi connectivity index (χ4n) is 3.38. The number of urea groups is 1. The first kappa shape index (κ1) is 18.0. The van der Waals surface area contributed by atoms with Crippen LogP contribution < -0.4 is 10.1 Å². The SMILES string of the molecule is COc1ccc(NC(=O)N2CCCC[C@H]2c2nc(-c3ccccc3)no2)cc1. The van der Waals surface area contributed by atoms with Crippen molar-refractivity contribution in [3.63, 3.8) is 0 Å². The molecule has 1 aliphatic heterocycles. The van der Waals surface area contributed by atoms with Gasteiger partial charge in [-0.2, -0.15) is 4.98 Å². The van der Waals surface area contributed by atoms with Crippen LogP contribution in [0.1, 0.15) is 31.2 Å². The number of aromatic nitrogens is 2. The van der Waals surface area contributed by atoms with Gasteiger partial charge < -0.3 is 19.5 Å². The van der Waals surface area contributed by atoms with E-state index in [9.17, 15) is 4.79 Å². The lowest BCUT2D eigenvalue weighted by Gasteiger charge is -2.33. The number of piperidine rings is 1. The number of methoxy groups -OCH3 is 1. The van der Waals surface area contributed by atoms with E-state index in [4.69, 9.17) is 9.26 Å². The summed E-state index contributed by atoms with van der Waals surface area (Å²) in [5.74, 6) is 1.76. The largest absolute Gasteiger partial charge is 0.497 e. The quantitative estimate of drug-likeness (QED) is 0.723. The number of benzene rings is 2. The van der Waals surface area contributed by atoms with Crippen molar-refractivity contribution in [1.82, 2.24) is 15.0 Å². The molecule has 1 atom stereocenters. The van der Waals surface area contributed by atoms with E-state index in [1.54, 1.807) is 12.0 Å². The van der Waals surface area contributed by atoms with E-state index >= 15 is 0 Å². The molecule has 2 aromatic carbocycles. The molecule has 1 aliphatic rings. The Morgan fingerprint density at radius 3 is 2.68 bits per heavy atom. The molecular formula is C21H22N4O3. The summed E-state index contributed by atoms with van der Waals surface area (Å²) in [5.41, 5.74) is 1.60. The van der Waals surface area contributed by atoms with Crippen molar-refractivity contribution < 1.29 is 14.1 Å². The molecule has 0 radical (unpaired) electrons. The molecule has 1 saturated heterocycles. The van der Waals surface area contributed by atoms with Crippen molar-refractivity contribution in [2.24, 2.45) is 0 Å². The molecule has 1 N–H and O–H groups in total. The lowest BCUT2D eigenvalue weighted by atomic mass is 10.0. The molecule has 7 nitrogen and oxygen atoms in total. The second-order valence-corrected chi connectivity index (χ2v) is 6.69. The molecule has 0 bridgehead atoms. The minimum absolute atomic E-state index is 0.172. The number of likely N-dealkylation sites (tertiary alicyclic amines) is 1. The van der Waals surface area contributed by atoms with Gasteiger partial charge in [0.05, 0.1) is 7.11 Å². The summed E-state index contributed by atoms with van der Waals surface area (Å²) >= 11 is 0. The van der Waals surface area contributed by atoms with Crippen LogP contribution in [0.4, 0.5) is 10.5 Å². The zero-order valence-corrected chi connectivity index (χ0v) is 15.7. The molecule has 144 valence electrons. The first-order valence-electron chi connectivity index (χ1n) is 9.35. The van der Waals surface area contributed by atoms with Gasteiger partial charge in [-0.05, 0) is 43.5 Å². The van der Waals surface area contributed by atoms with Crippen LogP contribution in [0.2, 0.25) is 0 Å². The van der Waals surface area contributed by atoms with Crippen LogP contribution in [0, 0.1) is 0 Å². The fourth-order valence-corrected chi connectivity index (χ4v) is 3.38. The van der Waals surface area contributed by atoms with Crippen molar-refractivity contribution in [3.05, 3.63) is 60.5 Å². The molecule has 0 aliphatic carbocycles. The van der Waals surface area contributed by atoms with Crippen molar-refractivity contribution in [3.8, 4) is 17.1 Å². The number of ether oxygens (including phenoxy) is 1. The highest BCUT2D eigenvalue weighted by atomic mass is 16.5. The zero-order chi connectivity index (χ0) is 19.3.